The zero-order valence-corrected chi connectivity index (χ0v) is 23.1. The average molecular weight is 682 g/mol. The number of cyclic esters (lactones) is 2. The molecule has 2 unspecified atom stereocenters. The van der Waals surface area contributed by atoms with Gasteiger partial charge in [-0.3, -0.25) is 0 Å². The third-order valence-electron chi connectivity index (χ3n) is 3.91. The summed E-state index contributed by atoms with van der Waals surface area (Å²) in [6.45, 7) is 4.17. The second-order valence-electron chi connectivity index (χ2n) is 5.97. The minimum absolute atomic E-state index is 0.0188. The Morgan fingerprint density at radius 3 is 1.43 bits per heavy atom. The molecule has 0 saturated heterocycles. The van der Waals surface area contributed by atoms with E-state index in [4.69, 9.17) is 9.47 Å². The fourth-order valence-electron chi connectivity index (χ4n) is 2.58. The van der Waals surface area contributed by atoms with Crippen LogP contribution in [0.1, 0.15) is 39.5 Å². The van der Waals surface area contributed by atoms with Crippen molar-refractivity contribution in [1.29, 1.82) is 0 Å². The first-order valence-corrected chi connectivity index (χ1v) is 14.0. The van der Waals surface area contributed by atoms with E-state index in [0.29, 0.717) is 29.4 Å². The summed E-state index contributed by atoms with van der Waals surface area (Å²) in [6.07, 6.45) is 7.10. The highest BCUT2D eigenvalue weighted by Crippen LogP contribution is 2.44. The van der Waals surface area contributed by atoms with Gasteiger partial charge in [0.2, 0.25) is 0 Å². The van der Waals surface area contributed by atoms with Gasteiger partial charge in [0, 0.05) is 10.5 Å². The molecule has 0 fully saturated rings. The van der Waals surface area contributed by atoms with Crippen LogP contribution >= 0.6 is 85.3 Å². The molecule has 2 heterocycles. The number of ether oxygens (including phenoxy) is 2. The van der Waals surface area contributed by atoms with E-state index in [1.54, 1.807) is 33.7 Å². The minimum Gasteiger partial charge on any atom is -0.421 e. The lowest BCUT2D eigenvalue weighted by atomic mass is 10.1. The maximum absolute atomic E-state index is 12.3. The van der Waals surface area contributed by atoms with Crippen LogP contribution in [-0.2, 0) is 19.1 Å². The van der Waals surface area contributed by atoms with Gasteiger partial charge in [-0.25, -0.2) is 9.59 Å². The summed E-state index contributed by atoms with van der Waals surface area (Å²) in [6, 6.07) is 0. The molecule has 0 radical (unpaired) electrons. The van der Waals surface area contributed by atoms with Crippen molar-refractivity contribution in [2.24, 2.45) is 0 Å². The van der Waals surface area contributed by atoms with E-state index in [2.05, 4.69) is 77.6 Å². The molecule has 0 aromatic carbocycles. The predicted molar refractivity (Wildman–Crippen MR) is 131 cm³/mol. The Labute approximate surface area is 206 Å². The van der Waals surface area contributed by atoms with Crippen molar-refractivity contribution < 1.29 is 19.1 Å². The maximum atomic E-state index is 12.3. The van der Waals surface area contributed by atoms with Gasteiger partial charge in [-0.05, 0) is 88.7 Å². The van der Waals surface area contributed by atoms with Gasteiger partial charge >= 0.3 is 11.9 Å². The van der Waals surface area contributed by atoms with Crippen LogP contribution in [0.4, 0.5) is 0 Å². The number of hydrogen-bond donors (Lipinski definition) is 0. The molecule has 4 nitrogen and oxygen atoms in total. The lowest BCUT2D eigenvalue weighted by molar-refractivity contribution is -0.134. The largest absolute Gasteiger partial charge is 0.421 e. The highest BCUT2D eigenvalue weighted by Gasteiger charge is 2.33. The topological polar surface area (TPSA) is 52.6 Å². The number of rotatable bonds is 9. The van der Waals surface area contributed by atoms with Gasteiger partial charge in [0.05, 0.1) is 11.1 Å². The van der Waals surface area contributed by atoms with Crippen LogP contribution in [0.2, 0.25) is 0 Å². The number of carbonyl (C=O) groups excluding carboxylic acids is 2. The molecule has 2 atom stereocenters. The Bertz CT molecular complexity index is 702. The molecule has 0 aromatic rings. The van der Waals surface area contributed by atoms with Gasteiger partial charge in [-0.1, -0.05) is 48.3 Å². The van der Waals surface area contributed by atoms with Crippen molar-refractivity contribution in [1.82, 2.24) is 0 Å². The molecule has 0 amide bonds. The van der Waals surface area contributed by atoms with E-state index < -0.39 is 0 Å². The highest BCUT2D eigenvalue weighted by atomic mass is 79.9. The molecule has 0 aromatic heterocycles. The van der Waals surface area contributed by atoms with Crippen LogP contribution in [0.15, 0.2) is 41.6 Å². The number of esters is 2. The molecule has 154 valence electrons. The summed E-state index contributed by atoms with van der Waals surface area (Å²) >= 11 is 13.1. The lowest BCUT2D eigenvalue weighted by Gasteiger charge is -2.19. The molecule has 0 saturated carbocycles. The molecule has 0 spiro atoms. The second kappa shape index (κ2) is 11.8. The Hall–Kier alpha value is 0.520. The normalized spacial score (nSPS) is 18.5. The quantitative estimate of drug-likeness (QED) is 0.185. The van der Waals surface area contributed by atoms with Gasteiger partial charge in [0.1, 0.15) is 6.78 Å². The van der Waals surface area contributed by atoms with E-state index in [9.17, 15) is 9.59 Å². The van der Waals surface area contributed by atoms with Crippen molar-refractivity contribution in [2.75, 3.05) is 0 Å². The van der Waals surface area contributed by atoms with Crippen LogP contribution in [-0.4, -0.2) is 22.4 Å². The molecule has 0 aliphatic carbocycles. The summed E-state index contributed by atoms with van der Waals surface area (Å²) in [7, 11) is 3.23. The van der Waals surface area contributed by atoms with Crippen molar-refractivity contribution in [2.45, 2.75) is 50.0 Å². The number of halogens is 4. The second-order valence-corrected chi connectivity index (χ2v) is 14.0. The van der Waals surface area contributed by atoms with Crippen molar-refractivity contribution >= 4 is 97.2 Å². The highest BCUT2D eigenvalue weighted by molar-refractivity contribution is 9.28. The van der Waals surface area contributed by atoms with Crippen LogP contribution in [0.25, 0.3) is 0 Å². The van der Waals surface area contributed by atoms with Crippen molar-refractivity contribution in [3.05, 3.63) is 41.6 Å². The predicted octanol–water partition coefficient (Wildman–Crippen LogP) is 7.59. The molecule has 0 bridgehead atoms. The molecule has 2 aliphatic heterocycles. The first kappa shape index (κ1) is 24.8. The van der Waals surface area contributed by atoms with Gasteiger partial charge in [-0.2, -0.15) is 0 Å². The molecule has 2 rings (SSSR count). The summed E-state index contributed by atoms with van der Waals surface area (Å²) in [5.74, 6) is 0.322. The van der Waals surface area contributed by atoms with Gasteiger partial charge < -0.3 is 9.47 Å². The third-order valence-corrected chi connectivity index (χ3v) is 8.75. The smallest absolute Gasteiger partial charge is 0.340 e. The fourth-order valence-corrected chi connectivity index (χ4v) is 6.83. The monoisotopic (exact) mass is 678 g/mol. The van der Waals surface area contributed by atoms with E-state index in [1.807, 2.05) is 0 Å². The standard InChI is InChI=1S/C18H18Br4O4S2/c1-3-5-13(9-7-11(15(19)20)25-17(9)23)27-28-14(6-4-2)10-8-12(16(21)22)26-18(10)24/h7-8,13-14H,3-6H2,1-2H3. The first-order chi connectivity index (χ1) is 13.3. The molecule has 2 aliphatic rings. The SMILES string of the molecule is CCCC(SSC(CCC)C1=CC(=C(Br)Br)OC1=O)C1=CC(=C(Br)Br)OC1=O. The van der Waals surface area contributed by atoms with E-state index in [1.165, 1.54) is 0 Å². The molecular formula is C18H18Br4O4S2. The zero-order chi connectivity index (χ0) is 20.8. The van der Waals surface area contributed by atoms with Crippen molar-refractivity contribution in [3.8, 4) is 0 Å². The van der Waals surface area contributed by atoms with E-state index >= 15 is 0 Å². The molecule has 28 heavy (non-hydrogen) atoms. The van der Waals surface area contributed by atoms with Crippen LogP contribution in [0.5, 0.6) is 0 Å². The maximum Gasteiger partial charge on any atom is 0.340 e. The molecule has 0 N–H and O–H groups in total. The van der Waals surface area contributed by atoms with Gasteiger partial charge in [0.25, 0.3) is 0 Å². The van der Waals surface area contributed by atoms with Crippen LogP contribution < -0.4 is 0 Å². The van der Waals surface area contributed by atoms with Gasteiger partial charge in [-0.15, -0.1) is 0 Å². The van der Waals surface area contributed by atoms with Gasteiger partial charge in [0.15, 0.2) is 11.5 Å². The Morgan fingerprint density at radius 2 is 1.18 bits per heavy atom. The number of carbonyl (C=O) groups is 2. The minimum atomic E-state index is -0.321. The molecule has 10 heteroatoms. The summed E-state index contributed by atoms with van der Waals surface area (Å²) in [5.41, 5.74) is 1.29. The van der Waals surface area contributed by atoms with Crippen LogP contribution in [0, 0.1) is 0 Å². The Morgan fingerprint density at radius 1 is 0.821 bits per heavy atom. The zero-order valence-electron chi connectivity index (χ0n) is 15.1. The Balaban J connectivity index is 2.18. The first-order valence-electron chi connectivity index (χ1n) is 8.58. The fraction of sp³-hybridized carbons (Fsp3) is 0.444. The molecular weight excluding hydrogens is 664 g/mol. The Kier molecular flexibility index (Phi) is 10.4. The summed E-state index contributed by atoms with van der Waals surface area (Å²) in [4.78, 5) is 24.6. The average Bonchev–Trinajstić information content (AvgIpc) is 3.21. The summed E-state index contributed by atoms with van der Waals surface area (Å²) < 4.78 is 11.8. The summed E-state index contributed by atoms with van der Waals surface area (Å²) in [5, 5.41) is -0.0377. The van der Waals surface area contributed by atoms with Crippen LogP contribution in [0.3, 0.4) is 0 Å². The number of allylic oxidation sites excluding steroid dienone is 2. The van der Waals surface area contributed by atoms with Crippen molar-refractivity contribution in [3.63, 3.8) is 0 Å². The number of hydrogen-bond acceptors (Lipinski definition) is 6. The van der Waals surface area contributed by atoms with E-state index in [-0.39, 0.29) is 22.4 Å². The third kappa shape index (κ3) is 6.51. The van der Waals surface area contributed by atoms with E-state index in [0.717, 1.165) is 25.7 Å². The lowest BCUT2D eigenvalue weighted by Crippen LogP contribution is -2.15.